The van der Waals surface area contributed by atoms with Crippen molar-refractivity contribution >= 4 is 0 Å². The van der Waals surface area contributed by atoms with Gasteiger partial charge >= 0.3 is 0 Å². The molecule has 0 radical (unpaired) electrons. The van der Waals surface area contributed by atoms with Crippen molar-refractivity contribution in [3.05, 3.63) is 0 Å². The molecule has 2 heteroatoms. The summed E-state index contributed by atoms with van der Waals surface area (Å²) in [5.74, 6) is 0.693. The fourth-order valence-electron chi connectivity index (χ4n) is 2.27. The van der Waals surface area contributed by atoms with Crippen molar-refractivity contribution < 1.29 is 4.74 Å². The molecule has 0 spiro atoms. The molecule has 2 nitrogen and oxygen atoms in total. The monoisotopic (exact) mass is 185 g/mol. The first-order valence-corrected chi connectivity index (χ1v) is 5.32. The molecule has 0 aromatic heterocycles. The molecular weight excluding hydrogens is 162 g/mol. The Morgan fingerprint density at radius 2 is 2.08 bits per heavy atom. The second-order valence-corrected chi connectivity index (χ2v) is 5.12. The van der Waals surface area contributed by atoms with Crippen LogP contribution < -0.4 is 5.32 Å². The lowest BCUT2D eigenvalue weighted by Crippen LogP contribution is -2.43. The van der Waals surface area contributed by atoms with Gasteiger partial charge in [0.05, 0.1) is 6.10 Å². The van der Waals surface area contributed by atoms with Crippen molar-refractivity contribution in [2.45, 2.75) is 39.7 Å². The molecule has 78 valence electrons. The van der Waals surface area contributed by atoms with Gasteiger partial charge in [-0.2, -0.15) is 0 Å². The molecule has 13 heavy (non-hydrogen) atoms. The van der Waals surface area contributed by atoms with Crippen molar-refractivity contribution in [1.29, 1.82) is 0 Å². The van der Waals surface area contributed by atoms with Crippen LogP contribution in [-0.2, 0) is 4.74 Å². The normalized spacial score (nSPS) is 30.5. The molecule has 0 saturated carbocycles. The summed E-state index contributed by atoms with van der Waals surface area (Å²) in [6, 6.07) is 0. The molecule has 0 amide bonds. The van der Waals surface area contributed by atoms with E-state index in [4.69, 9.17) is 4.74 Å². The Kier molecular flexibility index (Phi) is 3.74. The molecular formula is C11H23NO. The van der Waals surface area contributed by atoms with Gasteiger partial charge in [-0.25, -0.2) is 0 Å². The van der Waals surface area contributed by atoms with Crippen LogP contribution in [0.25, 0.3) is 0 Å². The van der Waals surface area contributed by atoms with E-state index in [1.54, 1.807) is 0 Å². The molecule has 1 fully saturated rings. The number of ether oxygens (including phenoxy) is 1. The van der Waals surface area contributed by atoms with Crippen LogP contribution in [0.4, 0.5) is 0 Å². The third-order valence-electron chi connectivity index (χ3n) is 2.76. The second-order valence-electron chi connectivity index (χ2n) is 5.12. The first-order chi connectivity index (χ1) is 6.05. The van der Waals surface area contributed by atoms with Crippen LogP contribution in [0.2, 0.25) is 0 Å². The quantitative estimate of drug-likeness (QED) is 0.711. The summed E-state index contributed by atoms with van der Waals surface area (Å²) in [7, 11) is 2.02. The highest BCUT2D eigenvalue weighted by Gasteiger charge is 2.34. The Balaban J connectivity index is 2.56. The lowest BCUT2D eigenvalue weighted by molar-refractivity contribution is -0.0840. The van der Waals surface area contributed by atoms with Crippen molar-refractivity contribution in [3.63, 3.8) is 0 Å². The minimum atomic E-state index is 0.280. The van der Waals surface area contributed by atoms with Gasteiger partial charge in [0.25, 0.3) is 0 Å². The van der Waals surface area contributed by atoms with Gasteiger partial charge in [-0.3, -0.25) is 0 Å². The van der Waals surface area contributed by atoms with Gasteiger partial charge in [-0.15, -0.1) is 0 Å². The largest absolute Gasteiger partial charge is 0.377 e. The fourth-order valence-corrected chi connectivity index (χ4v) is 2.27. The zero-order chi connectivity index (χ0) is 9.90. The number of hydrogen-bond donors (Lipinski definition) is 1. The Hall–Kier alpha value is -0.0800. The van der Waals surface area contributed by atoms with Gasteiger partial charge in [-0.05, 0) is 31.2 Å². The van der Waals surface area contributed by atoms with E-state index in [1.807, 2.05) is 7.05 Å². The van der Waals surface area contributed by atoms with E-state index in [0.29, 0.717) is 12.0 Å². The van der Waals surface area contributed by atoms with Crippen LogP contribution in [0.1, 0.15) is 33.6 Å². The van der Waals surface area contributed by atoms with E-state index in [1.165, 1.54) is 12.8 Å². The lowest BCUT2D eigenvalue weighted by atomic mass is 9.78. The summed E-state index contributed by atoms with van der Waals surface area (Å²) in [4.78, 5) is 0. The van der Waals surface area contributed by atoms with Gasteiger partial charge in [0.2, 0.25) is 0 Å². The fraction of sp³-hybridized carbons (Fsp3) is 1.00. The first kappa shape index (κ1) is 11.0. The van der Waals surface area contributed by atoms with Crippen LogP contribution in [-0.4, -0.2) is 26.3 Å². The van der Waals surface area contributed by atoms with E-state index in [9.17, 15) is 0 Å². The maximum absolute atomic E-state index is 5.87. The summed E-state index contributed by atoms with van der Waals surface area (Å²) in [6.45, 7) is 8.84. The highest BCUT2D eigenvalue weighted by Crippen LogP contribution is 2.33. The summed E-state index contributed by atoms with van der Waals surface area (Å²) >= 11 is 0. The standard InChI is InChI=1S/C11H23NO/c1-11(2,3)10-9(8-12-4)6-5-7-13-10/h9-10,12H,5-8H2,1-4H3. The van der Waals surface area contributed by atoms with Crippen LogP contribution in [0.3, 0.4) is 0 Å². The Morgan fingerprint density at radius 1 is 1.38 bits per heavy atom. The number of rotatable bonds is 2. The van der Waals surface area contributed by atoms with E-state index >= 15 is 0 Å². The van der Waals surface area contributed by atoms with E-state index in [0.717, 1.165) is 13.2 Å². The molecule has 1 N–H and O–H groups in total. The smallest absolute Gasteiger partial charge is 0.0663 e. The summed E-state index contributed by atoms with van der Waals surface area (Å²) in [5, 5.41) is 3.26. The van der Waals surface area contributed by atoms with E-state index < -0.39 is 0 Å². The average Bonchev–Trinajstić information content (AvgIpc) is 2.04. The topological polar surface area (TPSA) is 21.3 Å². The van der Waals surface area contributed by atoms with Gasteiger partial charge in [0, 0.05) is 13.2 Å². The second kappa shape index (κ2) is 4.43. The Bertz CT molecular complexity index is 149. The van der Waals surface area contributed by atoms with E-state index in [2.05, 4.69) is 26.1 Å². The molecule has 0 aromatic rings. The lowest BCUT2D eigenvalue weighted by Gasteiger charge is -2.40. The molecule has 1 aliphatic heterocycles. The predicted octanol–water partition coefficient (Wildman–Crippen LogP) is 2.05. The highest BCUT2D eigenvalue weighted by atomic mass is 16.5. The maximum Gasteiger partial charge on any atom is 0.0663 e. The van der Waals surface area contributed by atoms with Crippen LogP contribution in [0.5, 0.6) is 0 Å². The SMILES string of the molecule is CNCC1CCCOC1C(C)(C)C. The third kappa shape index (κ3) is 2.96. The predicted molar refractivity (Wildman–Crippen MR) is 55.8 cm³/mol. The van der Waals surface area contributed by atoms with Gasteiger partial charge in [0.1, 0.15) is 0 Å². The molecule has 1 heterocycles. The van der Waals surface area contributed by atoms with Crippen molar-refractivity contribution in [3.8, 4) is 0 Å². The molecule has 2 unspecified atom stereocenters. The molecule has 1 saturated heterocycles. The third-order valence-corrected chi connectivity index (χ3v) is 2.76. The van der Waals surface area contributed by atoms with Gasteiger partial charge in [0.15, 0.2) is 0 Å². The highest BCUT2D eigenvalue weighted by molar-refractivity contribution is 4.84. The summed E-state index contributed by atoms with van der Waals surface area (Å²) in [5.41, 5.74) is 0.280. The molecule has 0 aromatic carbocycles. The van der Waals surface area contributed by atoms with Crippen molar-refractivity contribution in [2.75, 3.05) is 20.2 Å². The first-order valence-electron chi connectivity index (χ1n) is 5.32. The Morgan fingerprint density at radius 3 is 2.62 bits per heavy atom. The maximum atomic E-state index is 5.87. The van der Waals surface area contributed by atoms with Crippen LogP contribution in [0, 0.1) is 11.3 Å². The minimum Gasteiger partial charge on any atom is -0.377 e. The van der Waals surface area contributed by atoms with Gasteiger partial charge in [-0.1, -0.05) is 20.8 Å². The molecule has 0 aliphatic carbocycles. The summed E-state index contributed by atoms with van der Waals surface area (Å²) in [6.07, 6.45) is 2.95. The zero-order valence-corrected chi connectivity index (χ0v) is 9.39. The van der Waals surface area contributed by atoms with Crippen molar-refractivity contribution in [2.24, 2.45) is 11.3 Å². The number of hydrogen-bond acceptors (Lipinski definition) is 2. The molecule has 2 atom stereocenters. The van der Waals surface area contributed by atoms with E-state index in [-0.39, 0.29) is 5.41 Å². The molecule has 1 aliphatic rings. The number of nitrogens with one attached hydrogen (secondary N) is 1. The van der Waals surface area contributed by atoms with Crippen LogP contribution in [0.15, 0.2) is 0 Å². The van der Waals surface area contributed by atoms with Gasteiger partial charge < -0.3 is 10.1 Å². The molecule has 0 bridgehead atoms. The van der Waals surface area contributed by atoms with Crippen LogP contribution >= 0.6 is 0 Å². The Labute approximate surface area is 82.0 Å². The average molecular weight is 185 g/mol. The zero-order valence-electron chi connectivity index (χ0n) is 9.39. The summed E-state index contributed by atoms with van der Waals surface area (Å²) < 4.78 is 5.87. The van der Waals surface area contributed by atoms with Crippen molar-refractivity contribution in [1.82, 2.24) is 5.32 Å². The minimum absolute atomic E-state index is 0.280. The molecule has 1 rings (SSSR count).